The van der Waals surface area contributed by atoms with Crippen LogP contribution in [0.5, 0.6) is 5.75 Å². The molecular weight excluding hydrogens is 488 g/mol. The minimum Gasteiger partial charge on any atom is -0.491 e. The minimum absolute atomic E-state index is 0.0695. The van der Waals surface area contributed by atoms with E-state index in [1.54, 1.807) is 0 Å². The summed E-state index contributed by atoms with van der Waals surface area (Å²) >= 11 is 0. The number of rotatable bonds is 17. The fraction of sp³-hybridized carbons (Fsp3) is 0.559. The van der Waals surface area contributed by atoms with Crippen molar-refractivity contribution < 1.29 is 24.9 Å². The summed E-state index contributed by atoms with van der Waals surface area (Å²) in [6.45, 7) is 12.9. The lowest BCUT2D eigenvalue weighted by Gasteiger charge is -2.34. The van der Waals surface area contributed by atoms with Gasteiger partial charge in [-0.15, -0.1) is 0 Å². The van der Waals surface area contributed by atoms with Crippen molar-refractivity contribution in [2.75, 3.05) is 6.61 Å². The predicted molar refractivity (Wildman–Crippen MR) is 161 cm³/mol. The van der Waals surface area contributed by atoms with E-state index in [1.165, 1.54) is 16.7 Å². The van der Waals surface area contributed by atoms with Crippen LogP contribution >= 0.6 is 0 Å². The highest BCUT2D eigenvalue weighted by Crippen LogP contribution is 2.41. The summed E-state index contributed by atoms with van der Waals surface area (Å²) in [4.78, 5) is 10.7. The minimum atomic E-state index is -0.922. The number of aliphatic carboxylic acids is 1. The van der Waals surface area contributed by atoms with Crippen LogP contribution in [-0.4, -0.2) is 39.6 Å². The highest BCUT2D eigenvalue weighted by Gasteiger charge is 2.31. The highest BCUT2D eigenvalue weighted by atomic mass is 16.5. The van der Waals surface area contributed by atoms with E-state index in [4.69, 9.17) is 9.84 Å². The Morgan fingerprint density at radius 2 is 1.59 bits per heavy atom. The largest absolute Gasteiger partial charge is 0.491 e. The zero-order chi connectivity index (χ0) is 29.1. The molecule has 0 aliphatic rings. The summed E-state index contributed by atoms with van der Waals surface area (Å²) in [6.07, 6.45) is 10.0. The van der Waals surface area contributed by atoms with Crippen molar-refractivity contribution in [1.29, 1.82) is 0 Å². The van der Waals surface area contributed by atoms with Crippen molar-refractivity contribution in [3.05, 3.63) is 70.3 Å². The molecule has 0 heterocycles. The van der Waals surface area contributed by atoms with Gasteiger partial charge in [0.05, 0.1) is 11.7 Å². The van der Waals surface area contributed by atoms with Gasteiger partial charge in [-0.3, -0.25) is 4.79 Å². The lowest BCUT2D eigenvalue weighted by atomic mass is 9.70. The Morgan fingerprint density at radius 1 is 0.949 bits per heavy atom. The molecule has 216 valence electrons. The number of aryl methyl sites for hydroxylation is 2. The Labute approximate surface area is 235 Å². The van der Waals surface area contributed by atoms with Crippen LogP contribution in [0, 0.1) is 13.8 Å². The molecule has 2 rings (SSSR count). The summed E-state index contributed by atoms with van der Waals surface area (Å²) in [7, 11) is 0. The van der Waals surface area contributed by atoms with Crippen LogP contribution < -0.4 is 4.74 Å². The monoisotopic (exact) mass is 538 g/mol. The zero-order valence-corrected chi connectivity index (χ0v) is 24.9. The van der Waals surface area contributed by atoms with Crippen LogP contribution in [0.4, 0.5) is 0 Å². The summed E-state index contributed by atoms with van der Waals surface area (Å²) in [5.41, 5.74) is 4.89. The average Bonchev–Trinajstić information content (AvgIpc) is 2.92. The molecule has 2 atom stereocenters. The van der Waals surface area contributed by atoms with Crippen LogP contribution in [0.15, 0.2) is 42.5 Å². The van der Waals surface area contributed by atoms with Crippen LogP contribution in [0.3, 0.4) is 0 Å². The topological polar surface area (TPSA) is 87.0 Å². The van der Waals surface area contributed by atoms with Gasteiger partial charge in [-0.2, -0.15) is 0 Å². The molecule has 0 aliphatic heterocycles. The second-order valence-electron chi connectivity index (χ2n) is 11.0. The van der Waals surface area contributed by atoms with E-state index in [2.05, 4.69) is 64.1 Å². The van der Waals surface area contributed by atoms with Gasteiger partial charge in [0.15, 0.2) is 0 Å². The molecule has 2 aromatic rings. The molecule has 2 unspecified atom stereocenters. The molecule has 39 heavy (non-hydrogen) atoms. The van der Waals surface area contributed by atoms with Crippen molar-refractivity contribution in [3.63, 3.8) is 0 Å². The molecule has 0 saturated heterocycles. The predicted octanol–water partition coefficient (Wildman–Crippen LogP) is 7.75. The quantitative estimate of drug-likeness (QED) is 0.179. The second-order valence-corrected chi connectivity index (χ2v) is 11.0. The van der Waals surface area contributed by atoms with Crippen molar-refractivity contribution in [1.82, 2.24) is 0 Å². The lowest BCUT2D eigenvalue weighted by molar-refractivity contribution is -0.137. The van der Waals surface area contributed by atoms with Gasteiger partial charge in [-0.25, -0.2) is 0 Å². The molecule has 0 amide bonds. The average molecular weight is 539 g/mol. The van der Waals surface area contributed by atoms with Crippen molar-refractivity contribution in [2.24, 2.45) is 0 Å². The van der Waals surface area contributed by atoms with Gasteiger partial charge in [0.1, 0.15) is 12.4 Å². The van der Waals surface area contributed by atoms with Gasteiger partial charge in [0.2, 0.25) is 0 Å². The molecule has 3 N–H and O–H groups in total. The first-order valence-corrected chi connectivity index (χ1v) is 14.7. The first-order valence-electron chi connectivity index (χ1n) is 14.7. The molecule has 5 heteroatoms. The van der Waals surface area contributed by atoms with E-state index >= 15 is 0 Å². The summed E-state index contributed by atoms with van der Waals surface area (Å²) in [5.74, 6) is -0.220. The molecule has 0 bridgehead atoms. The van der Waals surface area contributed by atoms with E-state index in [-0.39, 0.29) is 24.9 Å². The maximum atomic E-state index is 11.0. The number of carboxylic acid groups (broad SMARTS) is 1. The van der Waals surface area contributed by atoms with Gasteiger partial charge in [0.25, 0.3) is 0 Å². The van der Waals surface area contributed by atoms with Crippen LogP contribution in [0.25, 0.3) is 6.08 Å². The number of aliphatic hydroxyl groups excluding tert-OH is 1. The standard InChI is InChI=1S/C34H50O5/c1-7-11-12-20-33(38,8-2)21-19-27-13-14-28(22-25(27)5)34(9-3,10-4)29-15-17-31(26(6)23-29)39-24-30(35)16-18-32(36)37/h13-15,17,19,21-23,30,35,38H,7-12,16,18,20,24H2,1-6H3,(H,36,37)/b21-19+. The van der Waals surface area contributed by atoms with Gasteiger partial charge in [0, 0.05) is 11.8 Å². The molecule has 0 saturated carbocycles. The SMILES string of the molecule is CCCCCC(O)(/C=C/c1ccc(C(CC)(CC)c2ccc(OCC(O)CCC(=O)O)c(C)c2)cc1C)CC. The number of carboxylic acids is 1. The Morgan fingerprint density at radius 3 is 2.13 bits per heavy atom. The Bertz CT molecular complexity index is 1080. The molecule has 0 aromatic heterocycles. The van der Waals surface area contributed by atoms with E-state index in [0.717, 1.165) is 49.7 Å². The van der Waals surface area contributed by atoms with Crippen molar-refractivity contribution >= 4 is 12.0 Å². The van der Waals surface area contributed by atoms with Crippen LogP contribution in [-0.2, 0) is 10.2 Å². The smallest absolute Gasteiger partial charge is 0.303 e. The first kappa shape index (κ1) is 32.6. The number of hydrogen-bond donors (Lipinski definition) is 3. The molecule has 0 radical (unpaired) electrons. The second kappa shape index (κ2) is 15.2. The molecule has 0 fully saturated rings. The highest BCUT2D eigenvalue weighted by molar-refractivity contribution is 5.66. The number of ether oxygens (including phenoxy) is 1. The third-order valence-electron chi connectivity index (χ3n) is 8.28. The third kappa shape index (κ3) is 8.94. The fourth-order valence-electron chi connectivity index (χ4n) is 5.37. The van der Waals surface area contributed by atoms with Crippen molar-refractivity contribution in [3.8, 4) is 5.75 Å². The molecule has 5 nitrogen and oxygen atoms in total. The van der Waals surface area contributed by atoms with Gasteiger partial charge in [-0.1, -0.05) is 89.4 Å². The number of hydrogen-bond acceptors (Lipinski definition) is 4. The van der Waals surface area contributed by atoms with E-state index in [9.17, 15) is 15.0 Å². The molecule has 0 aliphatic carbocycles. The lowest BCUT2D eigenvalue weighted by Crippen LogP contribution is -2.26. The van der Waals surface area contributed by atoms with Gasteiger partial charge >= 0.3 is 5.97 Å². The van der Waals surface area contributed by atoms with E-state index in [1.807, 2.05) is 26.0 Å². The van der Waals surface area contributed by atoms with Crippen LogP contribution in [0.1, 0.15) is 113 Å². The molecule has 0 spiro atoms. The number of aliphatic hydroxyl groups is 2. The van der Waals surface area contributed by atoms with Gasteiger partial charge in [-0.05, 0) is 79.8 Å². The maximum Gasteiger partial charge on any atom is 0.303 e. The summed E-state index contributed by atoms with van der Waals surface area (Å²) in [6, 6.07) is 12.9. The number of carbonyl (C=O) groups is 1. The summed E-state index contributed by atoms with van der Waals surface area (Å²) in [5, 5.41) is 29.9. The van der Waals surface area contributed by atoms with E-state index in [0.29, 0.717) is 12.2 Å². The Hall–Kier alpha value is -2.63. The number of unbranched alkanes of at least 4 members (excludes halogenated alkanes) is 2. The zero-order valence-electron chi connectivity index (χ0n) is 24.9. The first-order chi connectivity index (χ1) is 18.5. The Balaban J connectivity index is 2.27. The maximum absolute atomic E-state index is 11.0. The third-order valence-corrected chi connectivity index (χ3v) is 8.28. The molecular formula is C34H50O5. The Kier molecular flexibility index (Phi) is 12.7. The van der Waals surface area contributed by atoms with Gasteiger partial charge < -0.3 is 20.1 Å². The van der Waals surface area contributed by atoms with Crippen LogP contribution in [0.2, 0.25) is 0 Å². The number of benzene rings is 2. The van der Waals surface area contributed by atoms with Crippen molar-refractivity contribution in [2.45, 2.75) is 116 Å². The van der Waals surface area contributed by atoms with E-state index < -0.39 is 17.7 Å². The fourth-order valence-corrected chi connectivity index (χ4v) is 5.37. The summed E-state index contributed by atoms with van der Waals surface area (Å²) < 4.78 is 5.83. The normalized spacial score (nSPS) is 14.4. The molecule has 2 aromatic carbocycles.